The van der Waals surface area contributed by atoms with E-state index < -0.39 is 0 Å². The molecule has 2 amide bonds. The maximum absolute atomic E-state index is 12.4. The number of anilines is 1. The second-order valence-electron chi connectivity index (χ2n) is 6.65. The lowest BCUT2D eigenvalue weighted by molar-refractivity contribution is -0.135. The van der Waals surface area contributed by atoms with E-state index >= 15 is 0 Å². The molecule has 4 nitrogen and oxygen atoms in total. The Balaban J connectivity index is 1.89. The number of hydrogen-bond acceptors (Lipinski definition) is 2. The largest absolute Gasteiger partial charge is 0.343 e. The molecule has 1 heterocycles. The van der Waals surface area contributed by atoms with Crippen molar-refractivity contribution in [3.63, 3.8) is 0 Å². The van der Waals surface area contributed by atoms with Gasteiger partial charge in [-0.1, -0.05) is 31.5 Å². The molecular formula is C18H25ClN2O2. The highest BCUT2D eigenvalue weighted by Gasteiger charge is 2.27. The van der Waals surface area contributed by atoms with Crippen molar-refractivity contribution in [3.8, 4) is 0 Å². The minimum atomic E-state index is -0.0449. The molecule has 1 aliphatic rings. The molecule has 0 atom stereocenters. The van der Waals surface area contributed by atoms with Crippen LogP contribution in [0.2, 0.25) is 5.02 Å². The summed E-state index contributed by atoms with van der Waals surface area (Å²) in [5, 5.41) is 3.62. The topological polar surface area (TPSA) is 49.4 Å². The molecule has 23 heavy (non-hydrogen) atoms. The predicted molar refractivity (Wildman–Crippen MR) is 93.6 cm³/mol. The van der Waals surface area contributed by atoms with Crippen LogP contribution in [0.15, 0.2) is 18.2 Å². The van der Waals surface area contributed by atoms with Crippen LogP contribution in [0.25, 0.3) is 0 Å². The molecule has 1 fully saturated rings. The van der Waals surface area contributed by atoms with Crippen molar-refractivity contribution >= 4 is 29.1 Å². The van der Waals surface area contributed by atoms with Crippen molar-refractivity contribution in [3.05, 3.63) is 28.8 Å². The Morgan fingerprint density at radius 1 is 1.30 bits per heavy atom. The number of piperidine rings is 1. The monoisotopic (exact) mass is 336 g/mol. The van der Waals surface area contributed by atoms with Crippen molar-refractivity contribution in [1.29, 1.82) is 0 Å². The molecule has 0 aliphatic carbocycles. The lowest BCUT2D eigenvalue weighted by Gasteiger charge is -2.32. The van der Waals surface area contributed by atoms with Crippen LogP contribution in [0.5, 0.6) is 0 Å². The highest BCUT2D eigenvalue weighted by molar-refractivity contribution is 6.31. The van der Waals surface area contributed by atoms with Gasteiger partial charge in [-0.15, -0.1) is 0 Å². The van der Waals surface area contributed by atoms with Crippen LogP contribution in [-0.4, -0.2) is 29.8 Å². The molecule has 5 heteroatoms. The molecule has 0 unspecified atom stereocenters. The van der Waals surface area contributed by atoms with E-state index in [-0.39, 0.29) is 17.7 Å². The fourth-order valence-corrected chi connectivity index (χ4v) is 3.02. The number of halogens is 1. The number of likely N-dealkylation sites (tertiary alicyclic amines) is 1. The fourth-order valence-electron chi connectivity index (χ4n) is 2.85. The molecule has 126 valence electrons. The van der Waals surface area contributed by atoms with Gasteiger partial charge >= 0.3 is 0 Å². The normalized spacial score (nSPS) is 15.8. The summed E-state index contributed by atoms with van der Waals surface area (Å²) < 4.78 is 0. The van der Waals surface area contributed by atoms with Crippen LogP contribution in [0, 0.1) is 18.8 Å². The van der Waals surface area contributed by atoms with Crippen LogP contribution >= 0.6 is 11.6 Å². The van der Waals surface area contributed by atoms with Crippen LogP contribution < -0.4 is 5.32 Å². The van der Waals surface area contributed by atoms with E-state index in [1.165, 1.54) is 0 Å². The number of amides is 2. The van der Waals surface area contributed by atoms with Gasteiger partial charge in [-0.25, -0.2) is 0 Å². The van der Waals surface area contributed by atoms with Gasteiger partial charge in [0, 0.05) is 36.1 Å². The summed E-state index contributed by atoms with van der Waals surface area (Å²) in [5.41, 5.74) is 1.65. The van der Waals surface area contributed by atoms with Crippen molar-refractivity contribution in [2.24, 2.45) is 11.8 Å². The fraction of sp³-hybridized carbons (Fsp3) is 0.556. The summed E-state index contributed by atoms with van der Waals surface area (Å²) in [4.78, 5) is 26.4. The van der Waals surface area contributed by atoms with Crippen molar-refractivity contribution in [2.75, 3.05) is 18.4 Å². The number of rotatable bonds is 4. The molecule has 0 spiro atoms. The van der Waals surface area contributed by atoms with E-state index in [4.69, 9.17) is 11.6 Å². The summed E-state index contributed by atoms with van der Waals surface area (Å²) in [5.74, 6) is 0.543. The van der Waals surface area contributed by atoms with Crippen LogP contribution in [-0.2, 0) is 9.59 Å². The third kappa shape index (κ3) is 4.71. The first-order valence-corrected chi connectivity index (χ1v) is 8.60. The molecule has 1 N–H and O–H groups in total. The molecule has 1 saturated heterocycles. The van der Waals surface area contributed by atoms with E-state index in [1.807, 2.05) is 43.9 Å². The maximum atomic E-state index is 12.4. The Hall–Kier alpha value is -1.55. The third-order valence-corrected chi connectivity index (χ3v) is 4.74. The number of carbonyl (C=O) groups is 2. The van der Waals surface area contributed by atoms with E-state index in [0.29, 0.717) is 30.5 Å². The minimum Gasteiger partial charge on any atom is -0.343 e. The van der Waals surface area contributed by atoms with Gasteiger partial charge in [0.1, 0.15) is 0 Å². The Morgan fingerprint density at radius 2 is 1.96 bits per heavy atom. The van der Waals surface area contributed by atoms with Crippen molar-refractivity contribution in [2.45, 2.75) is 40.0 Å². The highest BCUT2D eigenvalue weighted by atomic mass is 35.5. The Bertz CT molecular complexity index is 578. The van der Waals surface area contributed by atoms with Gasteiger partial charge in [-0.05, 0) is 43.4 Å². The molecule has 1 aromatic carbocycles. The average molecular weight is 337 g/mol. The average Bonchev–Trinajstić information content (AvgIpc) is 2.51. The Labute approximate surface area is 143 Å². The second-order valence-corrected chi connectivity index (χ2v) is 7.06. The lowest BCUT2D eigenvalue weighted by Crippen LogP contribution is -2.41. The molecule has 0 aromatic heterocycles. The molecule has 1 aliphatic heterocycles. The van der Waals surface area contributed by atoms with Crippen LogP contribution in [0.4, 0.5) is 5.69 Å². The summed E-state index contributed by atoms with van der Waals surface area (Å²) >= 11 is 6.08. The number of nitrogens with zero attached hydrogens (tertiary/aromatic N) is 1. The zero-order valence-corrected chi connectivity index (χ0v) is 14.8. The van der Waals surface area contributed by atoms with Gasteiger partial charge in [-0.3, -0.25) is 9.59 Å². The Kier molecular flexibility index (Phi) is 6.05. The SMILES string of the molecule is Cc1c(Cl)cccc1NC(=O)C1CCN(C(=O)CC(C)C)CC1. The number of benzene rings is 1. The van der Waals surface area contributed by atoms with Gasteiger partial charge in [0.05, 0.1) is 0 Å². The summed E-state index contributed by atoms with van der Waals surface area (Å²) in [6, 6.07) is 5.50. The number of carbonyl (C=O) groups excluding carboxylic acids is 2. The quantitative estimate of drug-likeness (QED) is 0.907. The van der Waals surface area contributed by atoms with E-state index in [1.54, 1.807) is 0 Å². The zero-order valence-electron chi connectivity index (χ0n) is 14.1. The van der Waals surface area contributed by atoms with E-state index in [0.717, 1.165) is 24.1 Å². The van der Waals surface area contributed by atoms with Gasteiger partial charge in [0.15, 0.2) is 0 Å². The molecule has 0 radical (unpaired) electrons. The first-order chi connectivity index (χ1) is 10.9. The number of nitrogens with one attached hydrogen (secondary N) is 1. The predicted octanol–water partition coefficient (Wildman–Crippen LogP) is 3.87. The molecule has 0 bridgehead atoms. The standard InChI is InChI=1S/C18H25ClN2O2/c1-12(2)11-17(22)21-9-7-14(8-10-21)18(23)20-16-6-4-5-15(19)13(16)3/h4-6,12,14H,7-11H2,1-3H3,(H,20,23). The van der Waals surface area contributed by atoms with E-state index in [9.17, 15) is 9.59 Å². The lowest BCUT2D eigenvalue weighted by atomic mass is 9.95. The van der Waals surface area contributed by atoms with Crippen LogP contribution in [0.3, 0.4) is 0 Å². The zero-order chi connectivity index (χ0) is 17.0. The summed E-state index contributed by atoms with van der Waals surface area (Å²) in [6.45, 7) is 7.32. The third-order valence-electron chi connectivity index (χ3n) is 4.33. The Morgan fingerprint density at radius 3 is 2.57 bits per heavy atom. The first-order valence-electron chi connectivity index (χ1n) is 8.22. The van der Waals surface area contributed by atoms with Gasteiger partial charge < -0.3 is 10.2 Å². The molecule has 1 aromatic rings. The summed E-state index contributed by atoms with van der Waals surface area (Å²) in [7, 11) is 0. The van der Waals surface area contributed by atoms with Crippen LogP contribution in [0.1, 0.15) is 38.7 Å². The molecule has 0 saturated carbocycles. The molecular weight excluding hydrogens is 312 g/mol. The van der Waals surface area contributed by atoms with Gasteiger partial charge in [-0.2, -0.15) is 0 Å². The summed E-state index contributed by atoms with van der Waals surface area (Å²) in [6.07, 6.45) is 2.02. The number of hydrogen-bond donors (Lipinski definition) is 1. The van der Waals surface area contributed by atoms with E-state index in [2.05, 4.69) is 5.32 Å². The minimum absolute atomic E-state index is 0.0197. The second kappa shape index (κ2) is 7.82. The highest BCUT2D eigenvalue weighted by Crippen LogP contribution is 2.25. The molecule has 2 rings (SSSR count). The smallest absolute Gasteiger partial charge is 0.227 e. The maximum Gasteiger partial charge on any atom is 0.227 e. The van der Waals surface area contributed by atoms with Crippen molar-refractivity contribution in [1.82, 2.24) is 4.90 Å². The first kappa shape index (κ1) is 17.8. The van der Waals surface area contributed by atoms with Gasteiger partial charge in [0.25, 0.3) is 0 Å². The van der Waals surface area contributed by atoms with Gasteiger partial charge in [0.2, 0.25) is 11.8 Å². The van der Waals surface area contributed by atoms with Crippen molar-refractivity contribution < 1.29 is 9.59 Å².